The lowest BCUT2D eigenvalue weighted by Gasteiger charge is -2.32. The highest BCUT2D eigenvalue weighted by Gasteiger charge is 2.23. The van der Waals surface area contributed by atoms with E-state index >= 15 is 0 Å². The summed E-state index contributed by atoms with van der Waals surface area (Å²) in [6.45, 7) is 3.48. The van der Waals surface area contributed by atoms with Crippen LogP contribution in [0.4, 0.5) is 0 Å². The molecule has 0 saturated carbocycles. The van der Waals surface area contributed by atoms with Gasteiger partial charge < -0.3 is 15.3 Å². The Morgan fingerprint density at radius 1 is 1.32 bits per heavy atom. The molecule has 5 nitrogen and oxygen atoms in total. The van der Waals surface area contributed by atoms with Gasteiger partial charge in [0, 0.05) is 31.1 Å². The Balaban J connectivity index is 1.80. The molecule has 1 aliphatic heterocycles. The minimum Gasteiger partial charge on any atom is -0.508 e. The SMILES string of the molecule is CCCCC(=O)N1CCC(NC(=O)c2cccc(O)c2)CC1. The molecule has 1 aliphatic rings. The predicted molar refractivity (Wildman–Crippen MR) is 84.7 cm³/mol. The molecule has 1 fully saturated rings. The van der Waals surface area contributed by atoms with Crippen molar-refractivity contribution in [1.82, 2.24) is 10.2 Å². The summed E-state index contributed by atoms with van der Waals surface area (Å²) in [5, 5.41) is 12.4. The van der Waals surface area contributed by atoms with Gasteiger partial charge in [-0.25, -0.2) is 0 Å². The fourth-order valence-corrected chi connectivity index (χ4v) is 2.68. The highest BCUT2D eigenvalue weighted by Crippen LogP contribution is 2.15. The molecule has 0 aromatic heterocycles. The lowest BCUT2D eigenvalue weighted by Crippen LogP contribution is -2.46. The molecule has 0 aliphatic carbocycles. The zero-order valence-electron chi connectivity index (χ0n) is 13.0. The van der Waals surface area contributed by atoms with Gasteiger partial charge in [0.15, 0.2) is 0 Å². The van der Waals surface area contributed by atoms with Crippen LogP contribution in [0.1, 0.15) is 49.4 Å². The largest absolute Gasteiger partial charge is 0.508 e. The molecule has 5 heteroatoms. The number of aromatic hydroxyl groups is 1. The number of amides is 2. The van der Waals surface area contributed by atoms with E-state index in [1.54, 1.807) is 12.1 Å². The van der Waals surface area contributed by atoms with Gasteiger partial charge in [-0.1, -0.05) is 19.4 Å². The second-order valence-corrected chi connectivity index (χ2v) is 5.78. The first-order valence-corrected chi connectivity index (χ1v) is 7.98. The van der Waals surface area contributed by atoms with Crippen molar-refractivity contribution in [1.29, 1.82) is 0 Å². The minimum atomic E-state index is -0.174. The van der Waals surface area contributed by atoms with Gasteiger partial charge in [0.05, 0.1) is 0 Å². The second-order valence-electron chi connectivity index (χ2n) is 5.78. The molecule has 1 aromatic rings. The van der Waals surface area contributed by atoms with Gasteiger partial charge in [-0.05, 0) is 37.5 Å². The van der Waals surface area contributed by atoms with Crippen molar-refractivity contribution < 1.29 is 14.7 Å². The minimum absolute atomic E-state index is 0.0870. The maximum absolute atomic E-state index is 12.1. The van der Waals surface area contributed by atoms with Crippen molar-refractivity contribution in [2.24, 2.45) is 0 Å². The van der Waals surface area contributed by atoms with Gasteiger partial charge in [-0.3, -0.25) is 9.59 Å². The number of hydrogen-bond acceptors (Lipinski definition) is 3. The van der Waals surface area contributed by atoms with Crippen molar-refractivity contribution in [2.45, 2.75) is 45.1 Å². The fourth-order valence-electron chi connectivity index (χ4n) is 2.68. The van der Waals surface area contributed by atoms with Gasteiger partial charge in [0.2, 0.25) is 5.91 Å². The summed E-state index contributed by atoms with van der Waals surface area (Å²) in [4.78, 5) is 26.0. The maximum Gasteiger partial charge on any atom is 0.251 e. The van der Waals surface area contributed by atoms with Crippen LogP contribution in [-0.4, -0.2) is 41.0 Å². The van der Waals surface area contributed by atoms with Gasteiger partial charge in [0.25, 0.3) is 5.91 Å². The zero-order chi connectivity index (χ0) is 15.9. The third kappa shape index (κ3) is 4.48. The lowest BCUT2D eigenvalue weighted by molar-refractivity contribution is -0.132. The quantitative estimate of drug-likeness (QED) is 0.877. The first-order chi connectivity index (χ1) is 10.6. The molecule has 1 saturated heterocycles. The lowest BCUT2D eigenvalue weighted by atomic mass is 10.0. The number of carbonyl (C=O) groups is 2. The summed E-state index contributed by atoms with van der Waals surface area (Å²) in [5.74, 6) is 0.134. The van der Waals surface area contributed by atoms with Crippen molar-refractivity contribution in [3.8, 4) is 5.75 Å². The molecular formula is C17H24N2O3. The maximum atomic E-state index is 12.1. The van der Waals surface area contributed by atoms with Crippen LogP contribution in [0.25, 0.3) is 0 Å². The zero-order valence-corrected chi connectivity index (χ0v) is 13.0. The van der Waals surface area contributed by atoms with Crippen LogP contribution in [-0.2, 0) is 4.79 Å². The van der Waals surface area contributed by atoms with E-state index < -0.39 is 0 Å². The third-order valence-corrected chi connectivity index (χ3v) is 4.04. The van der Waals surface area contributed by atoms with Crippen LogP contribution in [0.5, 0.6) is 5.75 Å². The normalized spacial score (nSPS) is 15.6. The molecule has 0 atom stereocenters. The van der Waals surface area contributed by atoms with Gasteiger partial charge in [0.1, 0.15) is 5.75 Å². The number of phenolic OH excluding ortho intramolecular Hbond substituents is 1. The predicted octanol–water partition coefficient (Wildman–Crippen LogP) is 2.30. The van der Waals surface area contributed by atoms with E-state index in [0.717, 1.165) is 25.7 Å². The summed E-state index contributed by atoms with van der Waals surface area (Å²) in [7, 11) is 0. The Labute approximate surface area is 131 Å². The van der Waals surface area contributed by atoms with Gasteiger partial charge in [-0.15, -0.1) is 0 Å². The molecule has 0 bridgehead atoms. The molecule has 0 radical (unpaired) electrons. The Hall–Kier alpha value is -2.04. The molecule has 0 unspecified atom stereocenters. The fraction of sp³-hybridized carbons (Fsp3) is 0.529. The van der Waals surface area contributed by atoms with E-state index in [4.69, 9.17) is 0 Å². The van der Waals surface area contributed by atoms with E-state index in [-0.39, 0.29) is 23.6 Å². The van der Waals surface area contributed by atoms with Crippen LogP contribution in [0.2, 0.25) is 0 Å². The van der Waals surface area contributed by atoms with Gasteiger partial charge >= 0.3 is 0 Å². The summed E-state index contributed by atoms with van der Waals surface area (Å²) in [6.07, 6.45) is 4.15. The number of unbranched alkanes of at least 4 members (excludes halogenated alkanes) is 1. The molecule has 2 amide bonds. The number of hydrogen-bond donors (Lipinski definition) is 2. The smallest absolute Gasteiger partial charge is 0.251 e. The molecule has 2 N–H and O–H groups in total. The molecular weight excluding hydrogens is 280 g/mol. The highest BCUT2D eigenvalue weighted by molar-refractivity contribution is 5.94. The molecule has 1 aromatic carbocycles. The van der Waals surface area contributed by atoms with Crippen LogP contribution in [0, 0.1) is 0 Å². The van der Waals surface area contributed by atoms with Crippen molar-refractivity contribution >= 4 is 11.8 Å². The van der Waals surface area contributed by atoms with Crippen LogP contribution < -0.4 is 5.32 Å². The number of benzene rings is 1. The number of phenols is 1. The van der Waals surface area contributed by atoms with Gasteiger partial charge in [-0.2, -0.15) is 0 Å². The Kier molecular flexibility index (Phi) is 5.81. The van der Waals surface area contributed by atoms with Crippen molar-refractivity contribution in [3.05, 3.63) is 29.8 Å². The summed E-state index contributed by atoms with van der Waals surface area (Å²) < 4.78 is 0. The molecule has 22 heavy (non-hydrogen) atoms. The average molecular weight is 304 g/mol. The molecule has 2 rings (SSSR count). The number of nitrogens with one attached hydrogen (secondary N) is 1. The van der Waals surface area contributed by atoms with Crippen LogP contribution in [0.15, 0.2) is 24.3 Å². The Morgan fingerprint density at radius 2 is 2.05 bits per heavy atom. The molecule has 120 valence electrons. The summed E-state index contributed by atoms with van der Waals surface area (Å²) in [5.41, 5.74) is 0.460. The van der Waals surface area contributed by atoms with E-state index in [1.807, 2.05) is 4.90 Å². The standard InChI is InChI=1S/C17H24N2O3/c1-2-3-7-16(21)19-10-8-14(9-11-19)18-17(22)13-5-4-6-15(20)12-13/h4-6,12,14,20H,2-3,7-11H2,1H3,(H,18,22). The second kappa shape index (κ2) is 7.82. The van der Waals surface area contributed by atoms with E-state index in [1.165, 1.54) is 12.1 Å². The van der Waals surface area contributed by atoms with E-state index in [2.05, 4.69) is 12.2 Å². The van der Waals surface area contributed by atoms with Crippen molar-refractivity contribution in [3.63, 3.8) is 0 Å². The Bertz CT molecular complexity index is 522. The number of piperidine rings is 1. The van der Waals surface area contributed by atoms with E-state index in [0.29, 0.717) is 25.1 Å². The summed E-state index contributed by atoms with van der Waals surface area (Å²) >= 11 is 0. The van der Waals surface area contributed by atoms with Crippen LogP contribution in [0.3, 0.4) is 0 Å². The molecule has 1 heterocycles. The van der Waals surface area contributed by atoms with Crippen molar-refractivity contribution in [2.75, 3.05) is 13.1 Å². The van der Waals surface area contributed by atoms with E-state index in [9.17, 15) is 14.7 Å². The first-order valence-electron chi connectivity index (χ1n) is 7.98. The topological polar surface area (TPSA) is 69.6 Å². The number of likely N-dealkylation sites (tertiary alicyclic amines) is 1. The number of carbonyl (C=O) groups excluding carboxylic acids is 2. The Morgan fingerprint density at radius 3 is 2.68 bits per heavy atom. The summed E-state index contributed by atoms with van der Waals surface area (Å²) in [6, 6.07) is 6.42. The molecule has 0 spiro atoms. The highest BCUT2D eigenvalue weighted by atomic mass is 16.3. The third-order valence-electron chi connectivity index (χ3n) is 4.04. The van der Waals surface area contributed by atoms with Crippen LogP contribution >= 0.6 is 0 Å². The number of nitrogens with zero attached hydrogens (tertiary/aromatic N) is 1. The first kappa shape index (κ1) is 16.3. The number of rotatable bonds is 5. The monoisotopic (exact) mass is 304 g/mol. The average Bonchev–Trinajstić information content (AvgIpc) is 2.53.